The van der Waals surface area contributed by atoms with Crippen LogP contribution in [-0.2, 0) is 12.8 Å². The minimum absolute atomic E-state index is 0.00855. The lowest BCUT2D eigenvalue weighted by Crippen LogP contribution is -2.13. The lowest BCUT2D eigenvalue weighted by molar-refractivity contribution is -0.137. The minimum Gasteiger partial charge on any atom is -0.489 e. The zero-order valence-electron chi connectivity index (χ0n) is 14.8. The summed E-state index contributed by atoms with van der Waals surface area (Å²) in [5.41, 5.74) is 0.0591. The molecule has 0 aliphatic carbocycles. The Morgan fingerprint density at radius 3 is 2.28 bits per heavy atom. The average molecular weight is 440 g/mol. The molecule has 0 saturated carbocycles. The number of nitrogens with one attached hydrogen (secondary N) is 1. The van der Waals surface area contributed by atoms with Crippen LogP contribution in [0.25, 0.3) is 0 Å². The lowest BCUT2D eigenvalue weighted by atomic mass is 10.1. The van der Waals surface area contributed by atoms with Crippen LogP contribution in [0.15, 0.2) is 66.7 Å². The van der Waals surface area contributed by atoms with Gasteiger partial charge in [-0.25, -0.2) is 0 Å². The molecule has 3 aromatic carbocycles. The summed E-state index contributed by atoms with van der Waals surface area (Å²) in [4.78, 5) is 12.3. The first kappa shape index (κ1) is 21.0. The molecule has 150 valence electrons. The van der Waals surface area contributed by atoms with Crippen molar-refractivity contribution in [3.05, 3.63) is 93.5 Å². The van der Waals surface area contributed by atoms with E-state index in [-0.39, 0.29) is 17.9 Å². The van der Waals surface area contributed by atoms with Crippen molar-refractivity contribution in [3.8, 4) is 5.75 Å². The van der Waals surface area contributed by atoms with Crippen molar-refractivity contribution in [3.63, 3.8) is 0 Å². The first-order valence-electron chi connectivity index (χ1n) is 8.38. The van der Waals surface area contributed by atoms with E-state index in [0.29, 0.717) is 10.8 Å². The Labute approximate surface area is 175 Å². The van der Waals surface area contributed by atoms with E-state index < -0.39 is 22.7 Å². The van der Waals surface area contributed by atoms with Crippen LogP contribution >= 0.6 is 23.2 Å². The van der Waals surface area contributed by atoms with Crippen molar-refractivity contribution in [1.82, 2.24) is 0 Å². The number of amides is 1. The Kier molecular flexibility index (Phi) is 6.35. The zero-order valence-corrected chi connectivity index (χ0v) is 16.3. The number of carbonyl (C=O) groups is 1. The molecule has 0 radical (unpaired) electrons. The highest BCUT2D eigenvalue weighted by atomic mass is 35.5. The number of alkyl halides is 3. The summed E-state index contributed by atoms with van der Waals surface area (Å²) in [7, 11) is 0. The smallest absolute Gasteiger partial charge is 0.417 e. The summed E-state index contributed by atoms with van der Waals surface area (Å²) in [5, 5.41) is 2.58. The SMILES string of the molecule is O=C(Nc1ccc(Cl)c(C(F)(F)F)c1)c1ccc(OCc2ccccc2Cl)cc1. The molecule has 0 aliphatic heterocycles. The van der Waals surface area contributed by atoms with Gasteiger partial charge in [-0.2, -0.15) is 13.2 Å². The summed E-state index contributed by atoms with van der Waals surface area (Å²) >= 11 is 11.7. The predicted octanol–water partition coefficient (Wildman–Crippen LogP) is 6.84. The Balaban J connectivity index is 1.66. The average Bonchev–Trinajstić information content (AvgIpc) is 2.68. The van der Waals surface area contributed by atoms with Gasteiger partial charge in [0, 0.05) is 21.8 Å². The summed E-state index contributed by atoms with van der Waals surface area (Å²) in [6, 6.07) is 16.7. The maximum atomic E-state index is 12.9. The van der Waals surface area contributed by atoms with Gasteiger partial charge in [0.15, 0.2) is 0 Å². The van der Waals surface area contributed by atoms with E-state index in [4.69, 9.17) is 27.9 Å². The van der Waals surface area contributed by atoms with E-state index in [0.717, 1.165) is 17.7 Å². The fourth-order valence-corrected chi connectivity index (χ4v) is 2.92. The number of hydrogen-bond donors (Lipinski definition) is 1. The number of ether oxygens (including phenoxy) is 1. The van der Waals surface area contributed by atoms with Gasteiger partial charge in [-0.05, 0) is 48.5 Å². The van der Waals surface area contributed by atoms with Gasteiger partial charge >= 0.3 is 6.18 Å². The van der Waals surface area contributed by atoms with Crippen LogP contribution in [0.2, 0.25) is 10.0 Å². The molecule has 0 fully saturated rings. The van der Waals surface area contributed by atoms with Crippen molar-refractivity contribution >= 4 is 34.8 Å². The maximum absolute atomic E-state index is 12.9. The molecule has 0 bridgehead atoms. The minimum atomic E-state index is -4.61. The molecule has 0 aliphatic rings. The molecule has 0 saturated heterocycles. The largest absolute Gasteiger partial charge is 0.489 e. The van der Waals surface area contributed by atoms with Gasteiger partial charge in [0.05, 0.1) is 10.6 Å². The quantitative estimate of drug-likeness (QED) is 0.472. The summed E-state index contributed by atoms with van der Waals surface area (Å²) in [5.74, 6) is -0.0366. The summed E-state index contributed by atoms with van der Waals surface area (Å²) in [6.45, 7) is 0.260. The van der Waals surface area contributed by atoms with Gasteiger partial charge in [0.2, 0.25) is 0 Å². The van der Waals surface area contributed by atoms with Crippen LogP contribution in [0.3, 0.4) is 0 Å². The highest BCUT2D eigenvalue weighted by molar-refractivity contribution is 6.31. The topological polar surface area (TPSA) is 38.3 Å². The van der Waals surface area contributed by atoms with E-state index in [9.17, 15) is 18.0 Å². The molecule has 0 unspecified atom stereocenters. The molecular weight excluding hydrogens is 426 g/mol. The number of carbonyl (C=O) groups excluding carboxylic acids is 1. The monoisotopic (exact) mass is 439 g/mol. The Hall–Kier alpha value is -2.70. The third-order valence-electron chi connectivity index (χ3n) is 4.00. The summed E-state index contributed by atoms with van der Waals surface area (Å²) in [6.07, 6.45) is -4.61. The summed E-state index contributed by atoms with van der Waals surface area (Å²) < 4.78 is 44.4. The van der Waals surface area contributed by atoms with Gasteiger partial charge in [0.1, 0.15) is 12.4 Å². The van der Waals surface area contributed by atoms with Crippen LogP contribution in [0.4, 0.5) is 18.9 Å². The van der Waals surface area contributed by atoms with Gasteiger partial charge < -0.3 is 10.1 Å². The number of rotatable bonds is 5. The fraction of sp³-hybridized carbons (Fsp3) is 0.0952. The predicted molar refractivity (Wildman–Crippen MR) is 107 cm³/mol. The van der Waals surface area contributed by atoms with Crippen LogP contribution in [0.1, 0.15) is 21.5 Å². The highest BCUT2D eigenvalue weighted by Crippen LogP contribution is 2.36. The Morgan fingerprint density at radius 1 is 0.931 bits per heavy atom. The first-order chi connectivity index (χ1) is 13.7. The van der Waals surface area contributed by atoms with Crippen molar-refractivity contribution in [2.75, 3.05) is 5.32 Å². The van der Waals surface area contributed by atoms with E-state index >= 15 is 0 Å². The fourth-order valence-electron chi connectivity index (χ4n) is 2.50. The second-order valence-electron chi connectivity index (χ2n) is 6.05. The third-order valence-corrected chi connectivity index (χ3v) is 4.70. The Morgan fingerprint density at radius 2 is 1.62 bits per heavy atom. The molecule has 8 heteroatoms. The molecule has 1 amide bonds. The van der Waals surface area contributed by atoms with Crippen LogP contribution in [0.5, 0.6) is 5.75 Å². The first-order valence-corrected chi connectivity index (χ1v) is 9.14. The molecule has 1 N–H and O–H groups in total. The van der Waals surface area contributed by atoms with Crippen LogP contribution in [0, 0.1) is 0 Å². The van der Waals surface area contributed by atoms with Crippen molar-refractivity contribution in [2.45, 2.75) is 12.8 Å². The molecule has 0 atom stereocenters. The highest BCUT2D eigenvalue weighted by Gasteiger charge is 2.33. The second kappa shape index (κ2) is 8.76. The van der Waals surface area contributed by atoms with E-state index in [1.165, 1.54) is 18.2 Å². The lowest BCUT2D eigenvalue weighted by Gasteiger charge is -2.12. The number of benzene rings is 3. The number of anilines is 1. The molecule has 3 nitrogen and oxygen atoms in total. The molecular formula is C21H14Cl2F3NO2. The van der Waals surface area contributed by atoms with E-state index in [1.54, 1.807) is 18.2 Å². The second-order valence-corrected chi connectivity index (χ2v) is 6.87. The zero-order chi connectivity index (χ0) is 21.0. The molecule has 0 spiro atoms. The molecule has 29 heavy (non-hydrogen) atoms. The molecule has 0 heterocycles. The maximum Gasteiger partial charge on any atom is 0.417 e. The third kappa shape index (κ3) is 5.43. The molecule has 0 aromatic heterocycles. The van der Waals surface area contributed by atoms with Gasteiger partial charge in [-0.15, -0.1) is 0 Å². The van der Waals surface area contributed by atoms with Gasteiger partial charge in [-0.1, -0.05) is 41.4 Å². The van der Waals surface area contributed by atoms with Crippen molar-refractivity contribution in [2.24, 2.45) is 0 Å². The van der Waals surface area contributed by atoms with Crippen LogP contribution < -0.4 is 10.1 Å². The van der Waals surface area contributed by atoms with Crippen molar-refractivity contribution < 1.29 is 22.7 Å². The van der Waals surface area contributed by atoms with Crippen molar-refractivity contribution in [1.29, 1.82) is 0 Å². The number of hydrogen-bond acceptors (Lipinski definition) is 2. The molecule has 3 rings (SSSR count). The molecule has 3 aromatic rings. The standard InChI is InChI=1S/C21H14Cl2F3NO2/c22-18-4-2-1-3-14(18)12-29-16-8-5-13(6-9-16)20(28)27-15-7-10-19(23)17(11-15)21(24,25)26/h1-11H,12H2,(H,27,28). The van der Waals surface area contributed by atoms with Crippen LogP contribution in [-0.4, -0.2) is 5.91 Å². The van der Waals surface area contributed by atoms with Gasteiger partial charge in [-0.3, -0.25) is 4.79 Å². The number of halogens is 5. The van der Waals surface area contributed by atoms with E-state index in [1.807, 2.05) is 18.2 Å². The van der Waals surface area contributed by atoms with Gasteiger partial charge in [0.25, 0.3) is 5.91 Å². The van der Waals surface area contributed by atoms with E-state index in [2.05, 4.69) is 5.32 Å². The Bertz CT molecular complexity index is 1020. The normalized spacial score (nSPS) is 11.2.